The van der Waals surface area contributed by atoms with Crippen LogP contribution in [0, 0.1) is 12.8 Å². The van der Waals surface area contributed by atoms with E-state index in [0.717, 1.165) is 18.5 Å². The lowest BCUT2D eigenvalue weighted by Gasteiger charge is -2.33. The van der Waals surface area contributed by atoms with E-state index in [1.54, 1.807) is 0 Å². The number of hydrogen-bond acceptors (Lipinski definition) is 4. The Labute approximate surface area is 174 Å². The van der Waals surface area contributed by atoms with Crippen molar-refractivity contribution in [2.75, 3.05) is 25.0 Å². The van der Waals surface area contributed by atoms with Crippen LogP contribution in [0.1, 0.15) is 32.3 Å². The molecular formula is C19H32Cl2N4O2. The summed E-state index contributed by atoms with van der Waals surface area (Å²) < 4.78 is 0. The molecule has 1 atom stereocenters. The number of benzene rings is 1. The number of anilines is 1. The quantitative estimate of drug-likeness (QED) is 0.661. The summed E-state index contributed by atoms with van der Waals surface area (Å²) in [7, 11) is 0. The standard InChI is InChI=1S/C19H30N4O2.2ClH/c1-13(2)18(20)19(25)21-12-17(24)23-9-7-15(8-10-23)22-16-6-4-5-14(3)11-16;;/h4-6,11,13,15,18,22H,7-10,12,20H2,1-3H3,(H,21,25);2*1H/t18-;;/m0../s1. The molecule has 0 unspecified atom stereocenters. The van der Waals surface area contributed by atoms with E-state index in [4.69, 9.17) is 5.73 Å². The average Bonchev–Trinajstić information content (AvgIpc) is 2.59. The maximum Gasteiger partial charge on any atom is 0.241 e. The molecule has 0 saturated carbocycles. The zero-order chi connectivity index (χ0) is 18.4. The number of carbonyl (C=O) groups excluding carboxylic acids is 2. The smallest absolute Gasteiger partial charge is 0.241 e. The SMILES string of the molecule is Cc1cccc(NC2CCN(C(=O)CNC(=O)[C@@H](N)C(C)C)CC2)c1.Cl.Cl. The fourth-order valence-electron chi connectivity index (χ4n) is 2.94. The number of nitrogens with two attached hydrogens (primary N) is 1. The van der Waals surface area contributed by atoms with Crippen molar-refractivity contribution < 1.29 is 9.59 Å². The van der Waals surface area contributed by atoms with E-state index in [2.05, 4.69) is 35.8 Å². The minimum absolute atomic E-state index is 0. The Morgan fingerprint density at radius 1 is 1.22 bits per heavy atom. The molecule has 27 heavy (non-hydrogen) atoms. The molecular weight excluding hydrogens is 387 g/mol. The first kappa shape index (κ1) is 25.5. The number of aryl methyl sites for hydroxylation is 1. The minimum atomic E-state index is -0.572. The van der Waals surface area contributed by atoms with Crippen molar-refractivity contribution in [1.82, 2.24) is 10.2 Å². The van der Waals surface area contributed by atoms with Crippen molar-refractivity contribution in [3.05, 3.63) is 29.8 Å². The Morgan fingerprint density at radius 3 is 2.41 bits per heavy atom. The normalized spacial score (nSPS) is 15.4. The molecule has 2 rings (SSSR count). The first-order valence-corrected chi connectivity index (χ1v) is 9.01. The molecule has 0 radical (unpaired) electrons. The van der Waals surface area contributed by atoms with Crippen LogP contribution in [0.25, 0.3) is 0 Å². The highest BCUT2D eigenvalue weighted by Gasteiger charge is 2.24. The van der Waals surface area contributed by atoms with Crippen LogP contribution >= 0.6 is 24.8 Å². The van der Waals surface area contributed by atoms with E-state index in [1.165, 1.54) is 5.56 Å². The maximum absolute atomic E-state index is 12.3. The van der Waals surface area contributed by atoms with Gasteiger partial charge in [-0.3, -0.25) is 9.59 Å². The molecule has 4 N–H and O–H groups in total. The Kier molecular flexibility index (Phi) is 11.4. The van der Waals surface area contributed by atoms with Gasteiger partial charge >= 0.3 is 0 Å². The van der Waals surface area contributed by atoms with Crippen LogP contribution in [0.5, 0.6) is 0 Å². The first-order chi connectivity index (χ1) is 11.9. The minimum Gasteiger partial charge on any atom is -0.382 e. The number of nitrogens with one attached hydrogen (secondary N) is 2. The summed E-state index contributed by atoms with van der Waals surface area (Å²) >= 11 is 0. The molecule has 0 bridgehead atoms. The highest BCUT2D eigenvalue weighted by Crippen LogP contribution is 2.17. The van der Waals surface area contributed by atoms with Gasteiger partial charge in [-0.1, -0.05) is 26.0 Å². The van der Waals surface area contributed by atoms with E-state index in [0.29, 0.717) is 19.1 Å². The van der Waals surface area contributed by atoms with Crippen molar-refractivity contribution in [1.29, 1.82) is 0 Å². The number of hydrogen-bond donors (Lipinski definition) is 3. The largest absolute Gasteiger partial charge is 0.382 e. The van der Waals surface area contributed by atoms with Gasteiger partial charge in [0.2, 0.25) is 11.8 Å². The number of nitrogens with zero attached hydrogens (tertiary/aromatic N) is 1. The molecule has 8 heteroatoms. The number of carbonyl (C=O) groups is 2. The second kappa shape index (κ2) is 12.1. The van der Waals surface area contributed by atoms with E-state index in [-0.39, 0.29) is 49.1 Å². The molecule has 1 saturated heterocycles. The summed E-state index contributed by atoms with van der Waals surface area (Å²) in [5.74, 6) is -0.254. The Bertz CT molecular complexity index is 605. The first-order valence-electron chi connectivity index (χ1n) is 9.01. The van der Waals surface area contributed by atoms with Crippen LogP contribution < -0.4 is 16.4 Å². The van der Waals surface area contributed by atoms with Gasteiger partial charge in [-0.2, -0.15) is 0 Å². The van der Waals surface area contributed by atoms with Crippen LogP contribution in [0.3, 0.4) is 0 Å². The predicted molar refractivity (Wildman–Crippen MR) is 115 cm³/mol. The molecule has 1 aromatic carbocycles. The second-order valence-electron chi connectivity index (χ2n) is 7.16. The lowest BCUT2D eigenvalue weighted by molar-refractivity contribution is -0.134. The van der Waals surface area contributed by atoms with Gasteiger partial charge in [-0.05, 0) is 43.4 Å². The van der Waals surface area contributed by atoms with Crippen molar-refractivity contribution >= 4 is 42.3 Å². The molecule has 1 fully saturated rings. The van der Waals surface area contributed by atoms with Gasteiger partial charge in [0.15, 0.2) is 0 Å². The summed E-state index contributed by atoms with van der Waals surface area (Å²) in [6, 6.07) is 8.11. The number of amides is 2. The Hall–Kier alpha value is -1.50. The fraction of sp³-hybridized carbons (Fsp3) is 0.579. The molecule has 0 spiro atoms. The van der Waals surface area contributed by atoms with E-state index in [1.807, 2.05) is 24.8 Å². The molecule has 6 nitrogen and oxygen atoms in total. The van der Waals surface area contributed by atoms with Gasteiger partial charge in [0.05, 0.1) is 12.6 Å². The van der Waals surface area contributed by atoms with E-state index < -0.39 is 6.04 Å². The molecule has 1 heterocycles. The van der Waals surface area contributed by atoms with Crippen molar-refractivity contribution in [3.8, 4) is 0 Å². The molecule has 1 aliphatic rings. The van der Waals surface area contributed by atoms with Gasteiger partial charge in [0, 0.05) is 24.8 Å². The Morgan fingerprint density at radius 2 is 1.85 bits per heavy atom. The van der Waals surface area contributed by atoms with Crippen LogP contribution in [0.15, 0.2) is 24.3 Å². The van der Waals surface area contributed by atoms with Gasteiger partial charge in [-0.15, -0.1) is 24.8 Å². The highest BCUT2D eigenvalue weighted by molar-refractivity contribution is 5.87. The zero-order valence-electron chi connectivity index (χ0n) is 16.2. The number of halogens is 2. The number of likely N-dealkylation sites (tertiary alicyclic amines) is 1. The third-order valence-corrected chi connectivity index (χ3v) is 4.67. The fourth-order valence-corrected chi connectivity index (χ4v) is 2.94. The van der Waals surface area contributed by atoms with Crippen LogP contribution in [-0.2, 0) is 9.59 Å². The lowest BCUT2D eigenvalue weighted by atomic mass is 10.0. The summed E-state index contributed by atoms with van der Waals surface area (Å²) in [4.78, 5) is 25.9. The third-order valence-electron chi connectivity index (χ3n) is 4.67. The highest BCUT2D eigenvalue weighted by atomic mass is 35.5. The van der Waals surface area contributed by atoms with Crippen LogP contribution in [0.4, 0.5) is 5.69 Å². The summed E-state index contributed by atoms with van der Waals surface area (Å²) in [6.07, 6.45) is 1.80. The van der Waals surface area contributed by atoms with Crippen molar-refractivity contribution in [2.45, 2.75) is 45.7 Å². The number of rotatable bonds is 6. The average molecular weight is 419 g/mol. The van der Waals surface area contributed by atoms with Gasteiger partial charge in [0.1, 0.15) is 0 Å². The molecule has 1 aromatic rings. The molecule has 0 aromatic heterocycles. The van der Waals surface area contributed by atoms with E-state index >= 15 is 0 Å². The molecule has 0 aliphatic carbocycles. The molecule has 2 amide bonds. The second-order valence-corrected chi connectivity index (χ2v) is 7.16. The monoisotopic (exact) mass is 418 g/mol. The maximum atomic E-state index is 12.3. The summed E-state index contributed by atoms with van der Waals surface area (Å²) in [5, 5.41) is 6.18. The number of piperidine rings is 1. The topological polar surface area (TPSA) is 87.5 Å². The van der Waals surface area contributed by atoms with E-state index in [9.17, 15) is 9.59 Å². The zero-order valence-corrected chi connectivity index (χ0v) is 17.9. The van der Waals surface area contributed by atoms with Crippen LogP contribution in [-0.4, -0.2) is 48.4 Å². The van der Waals surface area contributed by atoms with Gasteiger partial charge in [-0.25, -0.2) is 0 Å². The van der Waals surface area contributed by atoms with Crippen molar-refractivity contribution in [3.63, 3.8) is 0 Å². The summed E-state index contributed by atoms with van der Waals surface area (Å²) in [5.41, 5.74) is 8.14. The van der Waals surface area contributed by atoms with Gasteiger partial charge in [0.25, 0.3) is 0 Å². The van der Waals surface area contributed by atoms with Gasteiger partial charge < -0.3 is 21.3 Å². The van der Waals surface area contributed by atoms with Crippen LogP contribution in [0.2, 0.25) is 0 Å². The molecule has 1 aliphatic heterocycles. The molecule has 154 valence electrons. The summed E-state index contributed by atoms with van der Waals surface area (Å²) in [6.45, 7) is 7.28. The van der Waals surface area contributed by atoms with Crippen molar-refractivity contribution in [2.24, 2.45) is 11.7 Å². The Balaban J connectivity index is 0.00000338. The predicted octanol–water partition coefficient (Wildman–Crippen LogP) is 2.34. The lowest BCUT2D eigenvalue weighted by Crippen LogP contribution is -2.50. The third kappa shape index (κ3) is 7.95.